The van der Waals surface area contributed by atoms with Gasteiger partial charge in [0.25, 0.3) is 0 Å². The average Bonchev–Trinajstić information content (AvgIpc) is 2.52. The van der Waals surface area contributed by atoms with Gasteiger partial charge >= 0.3 is 13.8 Å². The van der Waals surface area contributed by atoms with Crippen LogP contribution < -0.4 is 5.73 Å². The third-order valence-electron chi connectivity index (χ3n) is 3.34. The molecule has 1 atom stereocenters. The molecule has 0 amide bonds. The number of hydrogen-bond acceptors (Lipinski definition) is 7. The molecular weight excluding hydrogens is 353 g/mol. The van der Waals surface area contributed by atoms with Crippen molar-refractivity contribution in [2.75, 3.05) is 6.54 Å². The molecule has 11 heteroatoms. The molecule has 0 spiro atoms. The molecular formula is C14H22N3O7P. The van der Waals surface area contributed by atoms with Gasteiger partial charge < -0.3 is 25.7 Å². The first kappa shape index (κ1) is 21.2. The van der Waals surface area contributed by atoms with Gasteiger partial charge in [-0.2, -0.15) is 0 Å². The second kappa shape index (κ2) is 9.59. The lowest BCUT2D eigenvalue weighted by Gasteiger charge is -2.10. The van der Waals surface area contributed by atoms with E-state index in [1.165, 1.54) is 12.4 Å². The predicted octanol–water partition coefficient (Wildman–Crippen LogP) is 0.706. The number of hydrogen-bond donors (Lipinski definition) is 5. The molecule has 0 radical (unpaired) electrons. The number of nitrogens with zero attached hydrogens (tertiary/aromatic N) is 2. The molecule has 0 saturated heterocycles. The number of phosphoric acid groups is 1. The fourth-order valence-corrected chi connectivity index (χ4v) is 2.22. The molecule has 0 aromatic carbocycles. The van der Waals surface area contributed by atoms with Crippen LogP contribution in [0.2, 0.25) is 0 Å². The van der Waals surface area contributed by atoms with Crippen molar-refractivity contribution >= 4 is 20.0 Å². The summed E-state index contributed by atoms with van der Waals surface area (Å²) in [6.07, 6.45) is 4.25. The van der Waals surface area contributed by atoms with Crippen molar-refractivity contribution in [3.05, 3.63) is 23.0 Å². The van der Waals surface area contributed by atoms with Crippen LogP contribution in [0.1, 0.15) is 36.1 Å². The second-order valence-electron chi connectivity index (χ2n) is 5.37. The summed E-state index contributed by atoms with van der Waals surface area (Å²) in [7, 11) is -4.65. The zero-order valence-electron chi connectivity index (χ0n) is 13.7. The number of aromatic hydroxyl groups is 1. The molecule has 6 N–H and O–H groups in total. The van der Waals surface area contributed by atoms with Gasteiger partial charge in [-0.3, -0.25) is 19.3 Å². The van der Waals surface area contributed by atoms with Crippen molar-refractivity contribution < 1.29 is 33.9 Å². The van der Waals surface area contributed by atoms with Gasteiger partial charge in [-0.1, -0.05) is 0 Å². The van der Waals surface area contributed by atoms with E-state index in [0.29, 0.717) is 31.5 Å². The van der Waals surface area contributed by atoms with E-state index in [9.17, 15) is 14.5 Å². The normalized spacial score (nSPS) is 13.3. The van der Waals surface area contributed by atoms with Gasteiger partial charge in [0.1, 0.15) is 11.8 Å². The minimum atomic E-state index is -4.65. The summed E-state index contributed by atoms with van der Waals surface area (Å²) in [4.78, 5) is 36.2. The van der Waals surface area contributed by atoms with Crippen molar-refractivity contribution in [2.24, 2.45) is 10.7 Å². The second-order valence-corrected chi connectivity index (χ2v) is 6.61. The lowest BCUT2D eigenvalue weighted by Crippen LogP contribution is -2.29. The number of aromatic nitrogens is 1. The van der Waals surface area contributed by atoms with Crippen molar-refractivity contribution in [3.8, 4) is 5.75 Å². The Hall–Kier alpha value is -1.84. The highest BCUT2D eigenvalue weighted by Crippen LogP contribution is 2.37. The van der Waals surface area contributed by atoms with Crippen molar-refractivity contribution in [1.29, 1.82) is 0 Å². The number of phosphoric ester groups is 1. The maximum atomic E-state index is 10.8. The van der Waals surface area contributed by atoms with E-state index >= 15 is 0 Å². The lowest BCUT2D eigenvalue weighted by atomic mass is 10.1. The largest absolute Gasteiger partial charge is 0.505 e. The molecule has 0 bridgehead atoms. The molecule has 0 unspecified atom stereocenters. The van der Waals surface area contributed by atoms with E-state index in [1.807, 2.05) is 0 Å². The third-order valence-corrected chi connectivity index (χ3v) is 3.80. The Morgan fingerprint density at radius 1 is 1.48 bits per heavy atom. The Kier molecular flexibility index (Phi) is 8.14. The Bertz CT molecular complexity index is 675. The molecule has 1 heterocycles. The van der Waals surface area contributed by atoms with Crippen LogP contribution in [0, 0.1) is 6.92 Å². The highest BCUT2D eigenvalue weighted by atomic mass is 31.2. The Labute approximate surface area is 144 Å². The summed E-state index contributed by atoms with van der Waals surface area (Å²) in [6.45, 7) is 1.53. The summed E-state index contributed by atoms with van der Waals surface area (Å²) in [5.74, 6) is -1.20. The van der Waals surface area contributed by atoms with E-state index in [2.05, 4.69) is 14.5 Å². The van der Waals surface area contributed by atoms with Gasteiger partial charge in [0.2, 0.25) is 0 Å². The molecule has 1 rings (SSSR count). The predicted molar refractivity (Wildman–Crippen MR) is 89.4 cm³/mol. The molecule has 10 nitrogen and oxygen atoms in total. The van der Waals surface area contributed by atoms with E-state index in [1.54, 1.807) is 6.92 Å². The van der Waals surface area contributed by atoms with Crippen LogP contribution in [0.5, 0.6) is 5.75 Å². The van der Waals surface area contributed by atoms with E-state index in [4.69, 9.17) is 20.6 Å². The van der Waals surface area contributed by atoms with Gasteiger partial charge in [-0.05, 0) is 26.2 Å². The Morgan fingerprint density at radius 2 is 2.16 bits per heavy atom. The summed E-state index contributed by atoms with van der Waals surface area (Å²) >= 11 is 0. The van der Waals surface area contributed by atoms with Crippen molar-refractivity contribution in [3.63, 3.8) is 0 Å². The number of carboxylic acid groups (broad SMARTS) is 1. The lowest BCUT2D eigenvalue weighted by molar-refractivity contribution is -0.138. The Balaban J connectivity index is 2.68. The third kappa shape index (κ3) is 7.72. The monoisotopic (exact) mass is 375 g/mol. The molecule has 0 aliphatic rings. The first-order valence-corrected chi connectivity index (χ1v) is 9.00. The van der Waals surface area contributed by atoms with Crippen LogP contribution in [0.4, 0.5) is 0 Å². The average molecular weight is 375 g/mol. The molecule has 25 heavy (non-hydrogen) atoms. The van der Waals surface area contributed by atoms with Crippen LogP contribution in [0.3, 0.4) is 0 Å². The van der Waals surface area contributed by atoms with Gasteiger partial charge in [0.05, 0.1) is 12.3 Å². The number of unbranched alkanes of at least 4 members (excludes halogenated alkanes) is 1. The molecule has 0 fully saturated rings. The highest BCUT2D eigenvalue weighted by Gasteiger charge is 2.17. The first-order valence-electron chi connectivity index (χ1n) is 7.47. The number of pyridine rings is 1. The summed E-state index contributed by atoms with van der Waals surface area (Å²) in [5, 5.41) is 18.7. The molecule has 1 aromatic heterocycles. The fraction of sp³-hybridized carbons (Fsp3) is 0.500. The minimum absolute atomic E-state index is 0.150. The van der Waals surface area contributed by atoms with Crippen LogP contribution >= 0.6 is 7.82 Å². The maximum absolute atomic E-state index is 10.8. The van der Waals surface area contributed by atoms with Gasteiger partial charge in [-0.25, -0.2) is 4.57 Å². The quantitative estimate of drug-likeness (QED) is 0.224. The van der Waals surface area contributed by atoms with Crippen molar-refractivity contribution in [2.45, 2.75) is 38.8 Å². The van der Waals surface area contributed by atoms with Crippen LogP contribution in [0.15, 0.2) is 11.2 Å². The summed E-state index contributed by atoms with van der Waals surface area (Å²) in [5.41, 5.74) is 6.28. The standard InChI is InChI=1S/C14H22N3O7P/c1-9-13(18)11(10(6-17-9)8-24-25(21,22)23)7-16-5-3-2-4-12(15)14(19)20/h6-7,12,18H,2-5,8,15H2,1H3,(H,19,20)(H2,21,22,23)/t12-/m0/s1. The summed E-state index contributed by atoms with van der Waals surface area (Å²) < 4.78 is 15.2. The van der Waals surface area contributed by atoms with Crippen LogP contribution in [-0.2, 0) is 20.5 Å². The summed E-state index contributed by atoms with van der Waals surface area (Å²) in [6, 6.07) is -0.896. The first-order chi connectivity index (χ1) is 11.6. The van der Waals surface area contributed by atoms with E-state index < -0.39 is 26.4 Å². The fourth-order valence-electron chi connectivity index (χ4n) is 1.91. The number of aliphatic carboxylic acids is 1. The SMILES string of the molecule is Cc1ncc(COP(=O)(O)O)c(C=NCCCC[C@H](N)C(=O)O)c1O. The molecule has 0 aliphatic heterocycles. The van der Waals surface area contributed by atoms with Gasteiger partial charge in [0, 0.05) is 30.1 Å². The van der Waals surface area contributed by atoms with E-state index in [0.717, 1.165) is 0 Å². The number of aliphatic imine (C=N–C) groups is 1. The van der Waals surface area contributed by atoms with Crippen LogP contribution in [0.25, 0.3) is 0 Å². The number of aryl methyl sites for hydroxylation is 1. The molecule has 0 saturated carbocycles. The minimum Gasteiger partial charge on any atom is -0.505 e. The zero-order valence-corrected chi connectivity index (χ0v) is 14.6. The smallest absolute Gasteiger partial charge is 0.469 e. The highest BCUT2D eigenvalue weighted by molar-refractivity contribution is 7.46. The van der Waals surface area contributed by atoms with Gasteiger partial charge in [-0.15, -0.1) is 0 Å². The van der Waals surface area contributed by atoms with Crippen molar-refractivity contribution in [1.82, 2.24) is 4.98 Å². The maximum Gasteiger partial charge on any atom is 0.469 e. The van der Waals surface area contributed by atoms with Gasteiger partial charge in [0.15, 0.2) is 0 Å². The number of carbonyl (C=O) groups is 1. The zero-order chi connectivity index (χ0) is 19.0. The molecule has 140 valence electrons. The Morgan fingerprint density at radius 3 is 2.76 bits per heavy atom. The molecule has 1 aromatic rings. The van der Waals surface area contributed by atoms with E-state index in [-0.39, 0.29) is 16.9 Å². The number of carboxylic acids is 1. The molecule has 0 aliphatic carbocycles. The number of nitrogens with two attached hydrogens (primary N) is 1. The topological polar surface area (TPSA) is 176 Å². The number of rotatable bonds is 10. The van der Waals surface area contributed by atoms with Crippen LogP contribution in [-0.4, -0.2) is 49.8 Å².